The topological polar surface area (TPSA) is 47.3 Å². The van der Waals surface area contributed by atoms with Crippen LogP contribution >= 0.6 is 11.6 Å². The summed E-state index contributed by atoms with van der Waals surface area (Å²) in [6.07, 6.45) is 0. The van der Waals surface area contributed by atoms with Gasteiger partial charge in [0.1, 0.15) is 0 Å². The van der Waals surface area contributed by atoms with Crippen molar-refractivity contribution in [3.8, 4) is 5.75 Å². The van der Waals surface area contributed by atoms with Crippen LogP contribution < -0.4 is 15.8 Å². The second-order valence-electron chi connectivity index (χ2n) is 4.39. The second kappa shape index (κ2) is 6.01. The van der Waals surface area contributed by atoms with E-state index in [0.717, 1.165) is 11.3 Å². The molecule has 0 fully saturated rings. The van der Waals surface area contributed by atoms with Crippen LogP contribution in [0.1, 0.15) is 12.5 Å². The summed E-state index contributed by atoms with van der Waals surface area (Å²) >= 11 is 6.07. The van der Waals surface area contributed by atoms with Crippen molar-refractivity contribution in [1.82, 2.24) is 0 Å². The lowest BCUT2D eigenvalue weighted by Crippen LogP contribution is -2.01. The van der Waals surface area contributed by atoms with E-state index < -0.39 is 5.82 Å². The van der Waals surface area contributed by atoms with Crippen molar-refractivity contribution in [3.05, 3.63) is 46.7 Å². The molecule has 0 aliphatic heterocycles. The van der Waals surface area contributed by atoms with Gasteiger partial charge in [-0.15, -0.1) is 0 Å². The summed E-state index contributed by atoms with van der Waals surface area (Å²) in [5, 5.41) is 3.76. The standard InChI is InChI=1S/C15H16ClFN2O/c1-3-20-15-8-14(13(18)7-12(15)17)19-10-5-4-9(2)11(16)6-10/h4-8,19H,3,18H2,1-2H3. The molecule has 3 N–H and O–H groups in total. The number of hydrogen-bond acceptors (Lipinski definition) is 3. The minimum atomic E-state index is -0.475. The van der Waals surface area contributed by atoms with Crippen molar-refractivity contribution in [2.45, 2.75) is 13.8 Å². The number of nitrogens with two attached hydrogens (primary N) is 1. The minimum Gasteiger partial charge on any atom is -0.491 e. The Morgan fingerprint density at radius 2 is 2.05 bits per heavy atom. The summed E-state index contributed by atoms with van der Waals surface area (Å²) in [6, 6.07) is 8.35. The number of nitrogen functional groups attached to an aromatic ring is 1. The summed E-state index contributed by atoms with van der Waals surface area (Å²) in [7, 11) is 0. The van der Waals surface area contributed by atoms with Gasteiger partial charge >= 0.3 is 0 Å². The molecule has 0 atom stereocenters. The van der Waals surface area contributed by atoms with Crippen molar-refractivity contribution >= 4 is 28.7 Å². The zero-order valence-electron chi connectivity index (χ0n) is 11.3. The summed E-state index contributed by atoms with van der Waals surface area (Å²) in [5.74, 6) is -0.306. The molecule has 0 saturated heterocycles. The highest BCUT2D eigenvalue weighted by Gasteiger charge is 2.09. The van der Waals surface area contributed by atoms with Crippen LogP contribution in [0.4, 0.5) is 21.5 Å². The molecule has 3 nitrogen and oxygen atoms in total. The summed E-state index contributed by atoms with van der Waals surface area (Å²) in [5.41, 5.74) is 8.46. The third kappa shape index (κ3) is 3.14. The zero-order chi connectivity index (χ0) is 14.7. The van der Waals surface area contributed by atoms with Crippen molar-refractivity contribution in [1.29, 1.82) is 0 Å². The summed E-state index contributed by atoms with van der Waals surface area (Å²) < 4.78 is 18.8. The van der Waals surface area contributed by atoms with E-state index in [2.05, 4.69) is 5.32 Å². The van der Waals surface area contributed by atoms with E-state index in [0.29, 0.717) is 23.0 Å². The molecule has 2 aromatic rings. The lowest BCUT2D eigenvalue weighted by molar-refractivity contribution is 0.322. The van der Waals surface area contributed by atoms with E-state index in [-0.39, 0.29) is 5.75 Å². The van der Waals surface area contributed by atoms with Gasteiger partial charge in [0.2, 0.25) is 0 Å². The maximum atomic E-state index is 13.6. The fourth-order valence-electron chi connectivity index (χ4n) is 1.77. The average molecular weight is 295 g/mol. The Morgan fingerprint density at radius 3 is 2.70 bits per heavy atom. The van der Waals surface area contributed by atoms with E-state index in [1.807, 2.05) is 19.1 Å². The maximum absolute atomic E-state index is 13.6. The Hall–Kier alpha value is -1.94. The normalized spacial score (nSPS) is 10.4. The average Bonchev–Trinajstić information content (AvgIpc) is 2.39. The fraction of sp³-hybridized carbons (Fsp3) is 0.200. The Labute approximate surface area is 122 Å². The molecule has 0 unspecified atom stereocenters. The number of halogens is 2. The number of nitrogens with one attached hydrogen (secondary N) is 1. The van der Waals surface area contributed by atoms with Crippen LogP contribution in [0.2, 0.25) is 5.02 Å². The highest BCUT2D eigenvalue weighted by molar-refractivity contribution is 6.31. The van der Waals surface area contributed by atoms with Gasteiger partial charge in [-0.1, -0.05) is 17.7 Å². The molecular formula is C15H16ClFN2O. The first-order chi connectivity index (χ1) is 9.51. The van der Waals surface area contributed by atoms with Gasteiger partial charge in [0, 0.05) is 22.8 Å². The first-order valence-corrected chi connectivity index (χ1v) is 6.64. The van der Waals surface area contributed by atoms with Crippen LogP contribution in [0.25, 0.3) is 0 Å². The van der Waals surface area contributed by atoms with E-state index in [1.165, 1.54) is 6.07 Å². The molecule has 0 aliphatic rings. The van der Waals surface area contributed by atoms with Gasteiger partial charge in [-0.25, -0.2) is 4.39 Å². The Kier molecular flexibility index (Phi) is 4.35. The first kappa shape index (κ1) is 14.5. The molecule has 0 aliphatic carbocycles. The zero-order valence-corrected chi connectivity index (χ0v) is 12.1. The van der Waals surface area contributed by atoms with E-state index in [4.69, 9.17) is 22.1 Å². The molecule has 0 spiro atoms. The number of anilines is 3. The molecule has 2 rings (SSSR count). The molecular weight excluding hydrogens is 279 g/mol. The highest BCUT2D eigenvalue weighted by atomic mass is 35.5. The molecule has 0 aromatic heterocycles. The van der Waals surface area contributed by atoms with E-state index >= 15 is 0 Å². The van der Waals surface area contributed by atoms with Gasteiger partial charge in [0.25, 0.3) is 0 Å². The Bertz CT molecular complexity index is 632. The molecule has 0 heterocycles. The molecule has 0 saturated carbocycles. The molecule has 0 bridgehead atoms. The summed E-state index contributed by atoms with van der Waals surface area (Å²) in [4.78, 5) is 0. The second-order valence-corrected chi connectivity index (χ2v) is 4.80. The fourth-order valence-corrected chi connectivity index (χ4v) is 1.95. The van der Waals surface area contributed by atoms with Crippen LogP contribution in [-0.2, 0) is 0 Å². The van der Waals surface area contributed by atoms with Crippen LogP contribution in [0.5, 0.6) is 5.75 Å². The first-order valence-electron chi connectivity index (χ1n) is 6.26. The molecule has 0 amide bonds. The number of hydrogen-bond donors (Lipinski definition) is 2. The van der Waals surface area contributed by atoms with Gasteiger partial charge in [-0.05, 0) is 31.5 Å². The predicted octanol–water partition coefficient (Wildman–Crippen LogP) is 4.51. The van der Waals surface area contributed by atoms with Gasteiger partial charge in [0.05, 0.1) is 18.0 Å². The maximum Gasteiger partial charge on any atom is 0.167 e. The molecule has 2 aromatic carbocycles. The van der Waals surface area contributed by atoms with Crippen LogP contribution in [0, 0.1) is 12.7 Å². The van der Waals surface area contributed by atoms with Crippen molar-refractivity contribution in [3.63, 3.8) is 0 Å². The molecule has 0 radical (unpaired) electrons. The van der Waals surface area contributed by atoms with Crippen LogP contribution in [-0.4, -0.2) is 6.61 Å². The highest BCUT2D eigenvalue weighted by Crippen LogP contribution is 2.31. The molecule has 106 valence electrons. The third-order valence-electron chi connectivity index (χ3n) is 2.85. The van der Waals surface area contributed by atoms with Gasteiger partial charge in [-0.2, -0.15) is 0 Å². The van der Waals surface area contributed by atoms with Crippen molar-refractivity contribution in [2.75, 3.05) is 17.7 Å². The SMILES string of the molecule is CCOc1cc(Nc2ccc(C)c(Cl)c2)c(N)cc1F. The number of ether oxygens (including phenoxy) is 1. The van der Waals surface area contributed by atoms with Gasteiger partial charge in [0.15, 0.2) is 11.6 Å². The van der Waals surface area contributed by atoms with Crippen LogP contribution in [0.3, 0.4) is 0 Å². The van der Waals surface area contributed by atoms with E-state index in [1.54, 1.807) is 19.1 Å². The summed E-state index contributed by atoms with van der Waals surface area (Å²) in [6.45, 7) is 4.10. The number of aryl methyl sites for hydroxylation is 1. The lowest BCUT2D eigenvalue weighted by Gasteiger charge is -2.13. The minimum absolute atomic E-state index is 0.169. The lowest BCUT2D eigenvalue weighted by atomic mass is 10.2. The van der Waals surface area contributed by atoms with Crippen molar-refractivity contribution in [2.24, 2.45) is 0 Å². The smallest absolute Gasteiger partial charge is 0.167 e. The monoisotopic (exact) mass is 294 g/mol. The largest absolute Gasteiger partial charge is 0.491 e. The Balaban J connectivity index is 2.32. The van der Waals surface area contributed by atoms with Gasteiger partial charge in [-0.3, -0.25) is 0 Å². The van der Waals surface area contributed by atoms with Gasteiger partial charge < -0.3 is 15.8 Å². The number of benzene rings is 2. The third-order valence-corrected chi connectivity index (χ3v) is 3.26. The quantitative estimate of drug-likeness (QED) is 0.816. The Morgan fingerprint density at radius 1 is 1.30 bits per heavy atom. The van der Waals surface area contributed by atoms with Crippen LogP contribution in [0.15, 0.2) is 30.3 Å². The molecule has 20 heavy (non-hydrogen) atoms. The van der Waals surface area contributed by atoms with E-state index in [9.17, 15) is 4.39 Å². The number of rotatable bonds is 4. The predicted molar refractivity (Wildman–Crippen MR) is 81.5 cm³/mol. The molecule has 5 heteroatoms. The van der Waals surface area contributed by atoms with Crippen molar-refractivity contribution < 1.29 is 9.13 Å².